The van der Waals surface area contributed by atoms with Gasteiger partial charge in [-0.15, -0.1) is 0 Å². The normalized spacial score (nSPS) is 11.4. The topological polar surface area (TPSA) is 49.3 Å². The molecule has 1 unspecified atom stereocenters. The minimum absolute atomic E-state index is 0.0595. The first-order chi connectivity index (χ1) is 10.1. The zero-order chi connectivity index (χ0) is 15.7. The van der Waals surface area contributed by atoms with Crippen molar-refractivity contribution >= 4 is 17.7 Å². The zero-order valence-corrected chi connectivity index (χ0v) is 13.1. The number of carbonyl (C=O) groups excluding carboxylic acids is 1. The van der Waals surface area contributed by atoms with Gasteiger partial charge in [-0.25, -0.2) is 4.39 Å². The van der Waals surface area contributed by atoms with Gasteiger partial charge in [-0.05, 0) is 36.1 Å². The molecule has 0 saturated heterocycles. The number of halogens is 1. The van der Waals surface area contributed by atoms with Crippen molar-refractivity contribution in [1.82, 2.24) is 5.32 Å². The van der Waals surface area contributed by atoms with Crippen LogP contribution >= 0.6 is 11.8 Å². The molecule has 3 nitrogen and oxygen atoms in total. The van der Waals surface area contributed by atoms with Crippen molar-refractivity contribution in [3.63, 3.8) is 0 Å². The zero-order valence-electron chi connectivity index (χ0n) is 12.3. The largest absolute Gasteiger partial charge is 0.395 e. The smallest absolute Gasteiger partial charge is 0.252 e. The number of carbonyl (C=O) groups is 1. The Morgan fingerprint density at radius 2 is 2.29 bits per heavy atom. The van der Waals surface area contributed by atoms with Crippen LogP contribution in [-0.2, 0) is 0 Å². The molecule has 2 N–H and O–H groups in total. The molecule has 5 heteroatoms. The average Bonchev–Trinajstić information content (AvgIpc) is 2.45. The molecule has 0 spiro atoms. The average molecular weight is 309 g/mol. The van der Waals surface area contributed by atoms with Gasteiger partial charge in [-0.1, -0.05) is 18.8 Å². The van der Waals surface area contributed by atoms with Crippen molar-refractivity contribution in [1.29, 1.82) is 0 Å². The molecule has 1 amide bonds. The van der Waals surface area contributed by atoms with E-state index >= 15 is 0 Å². The minimum Gasteiger partial charge on any atom is -0.395 e. The molecule has 0 aromatic heterocycles. The highest BCUT2D eigenvalue weighted by molar-refractivity contribution is 7.98. The van der Waals surface area contributed by atoms with Gasteiger partial charge >= 0.3 is 0 Å². The second kappa shape index (κ2) is 9.43. The SMILES string of the molecule is CSCC(C)CNC(=O)c1ccc(F)cc1C#CCCO. The lowest BCUT2D eigenvalue weighted by Gasteiger charge is -2.12. The van der Waals surface area contributed by atoms with E-state index in [1.54, 1.807) is 11.8 Å². The summed E-state index contributed by atoms with van der Waals surface area (Å²) in [5, 5.41) is 11.6. The number of aliphatic hydroxyl groups excluding tert-OH is 1. The number of aliphatic hydroxyl groups is 1. The highest BCUT2D eigenvalue weighted by Gasteiger charge is 2.12. The van der Waals surface area contributed by atoms with Gasteiger partial charge in [0.1, 0.15) is 5.82 Å². The van der Waals surface area contributed by atoms with Crippen LogP contribution in [0, 0.1) is 23.6 Å². The summed E-state index contributed by atoms with van der Waals surface area (Å²) in [6, 6.07) is 3.93. The number of thioether (sulfide) groups is 1. The summed E-state index contributed by atoms with van der Waals surface area (Å²) in [4.78, 5) is 12.2. The van der Waals surface area contributed by atoms with Crippen LogP contribution in [0.25, 0.3) is 0 Å². The maximum Gasteiger partial charge on any atom is 0.252 e. The first-order valence-electron chi connectivity index (χ1n) is 6.75. The molecule has 1 rings (SSSR count). The van der Waals surface area contributed by atoms with Crippen LogP contribution in [0.4, 0.5) is 4.39 Å². The van der Waals surface area contributed by atoms with E-state index < -0.39 is 5.82 Å². The molecule has 0 saturated carbocycles. The van der Waals surface area contributed by atoms with E-state index in [9.17, 15) is 9.18 Å². The maximum atomic E-state index is 13.3. The third-order valence-corrected chi connectivity index (χ3v) is 3.65. The lowest BCUT2D eigenvalue weighted by molar-refractivity contribution is 0.0949. The standard InChI is InChI=1S/C16H20FNO2S/c1-12(11-21-2)10-18-16(20)15-7-6-14(17)9-13(15)5-3-4-8-19/h6-7,9,12,19H,4,8,10-11H2,1-2H3,(H,18,20). The molecule has 114 valence electrons. The van der Waals surface area contributed by atoms with Crippen LogP contribution in [0.5, 0.6) is 0 Å². The van der Waals surface area contributed by atoms with E-state index in [1.807, 2.05) is 6.26 Å². The molecule has 0 aliphatic rings. The summed E-state index contributed by atoms with van der Waals surface area (Å²) >= 11 is 1.73. The van der Waals surface area contributed by atoms with Gasteiger partial charge in [0.05, 0.1) is 12.2 Å². The maximum absolute atomic E-state index is 13.3. The van der Waals surface area contributed by atoms with Crippen LogP contribution in [-0.4, -0.2) is 36.2 Å². The molecule has 21 heavy (non-hydrogen) atoms. The van der Waals surface area contributed by atoms with E-state index in [2.05, 4.69) is 24.1 Å². The van der Waals surface area contributed by atoms with Gasteiger partial charge in [0.15, 0.2) is 0 Å². The van der Waals surface area contributed by atoms with Crippen LogP contribution < -0.4 is 5.32 Å². The Kier molecular flexibility index (Phi) is 7.88. The van der Waals surface area contributed by atoms with Gasteiger partial charge in [-0.2, -0.15) is 11.8 Å². The minimum atomic E-state index is -0.435. The fourth-order valence-corrected chi connectivity index (χ4v) is 2.42. The quantitative estimate of drug-likeness (QED) is 0.793. The van der Waals surface area contributed by atoms with Crippen LogP contribution in [0.15, 0.2) is 18.2 Å². The Balaban J connectivity index is 2.81. The van der Waals surface area contributed by atoms with Gasteiger partial charge in [-0.3, -0.25) is 4.79 Å². The molecule has 0 fully saturated rings. The molecule has 1 aromatic carbocycles. The summed E-state index contributed by atoms with van der Waals surface area (Å²) < 4.78 is 13.3. The van der Waals surface area contributed by atoms with E-state index in [4.69, 9.17) is 5.11 Å². The number of nitrogens with one attached hydrogen (secondary N) is 1. The summed E-state index contributed by atoms with van der Waals surface area (Å²) in [5.41, 5.74) is 0.705. The lowest BCUT2D eigenvalue weighted by Crippen LogP contribution is -2.29. The van der Waals surface area contributed by atoms with E-state index in [0.717, 1.165) is 5.75 Å². The van der Waals surface area contributed by atoms with Gasteiger partial charge in [0, 0.05) is 18.5 Å². The summed E-state index contributed by atoms with van der Waals surface area (Å²) in [6.45, 7) is 2.57. The second-order valence-corrected chi connectivity index (χ2v) is 5.65. The summed E-state index contributed by atoms with van der Waals surface area (Å²) in [7, 11) is 0. The first-order valence-corrected chi connectivity index (χ1v) is 8.14. The van der Waals surface area contributed by atoms with Gasteiger partial charge < -0.3 is 10.4 Å². The van der Waals surface area contributed by atoms with Gasteiger partial charge in [0.2, 0.25) is 0 Å². The Morgan fingerprint density at radius 3 is 2.95 bits per heavy atom. The molecule has 1 aromatic rings. The molecular weight excluding hydrogens is 289 g/mol. The Labute approximate surface area is 129 Å². The van der Waals surface area contributed by atoms with Crippen molar-refractivity contribution in [3.05, 3.63) is 35.1 Å². The lowest BCUT2D eigenvalue weighted by atomic mass is 10.1. The fraction of sp³-hybridized carbons (Fsp3) is 0.438. The fourth-order valence-electron chi connectivity index (χ4n) is 1.74. The number of amides is 1. The molecule has 1 atom stereocenters. The molecular formula is C16H20FNO2S. The van der Waals surface area contributed by atoms with E-state index in [1.165, 1.54) is 18.2 Å². The van der Waals surface area contributed by atoms with Crippen molar-refractivity contribution < 1.29 is 14.3 Å². The highest BCUT2D eigenvalue weighted by atomic mass is 32.2. The van der Waals surface area contributed by atoms with Crippen molar-refractivity contribution in [2.45, 2.75) is 13.3 Å². The Morgan fingerprint density at radius 1 is 1.52 bits per heavy atom. The Hall–Kier alpha value is -1.51. The number of rotatable bonds is 6. The van der Waals surface area contributed by atoms with Crippen molar-refractivity contribution in [2.75, 3.05) is 25.2 Å². The van der Waals surface area contributed by atoms with Crippen LogP contribution in [0.2, 0.25) is 0 Å². The number of benzene rings is 1. The molecule has 0 heterocycles. The molecule has 0 bridgehead atoms. The predicted molar refractivity (Wildman–Crippen MR) is 84.9 cm³/mol. The Bertz CT molecular complexity index is 537. The second-order valence-electron chi connectivity index (χ2n) is 4.74. The molecule has 0 aliphatic heterocycles. The van der Waals surface area contributed by atoms with Crippen LogP contribution in [0.3, 0.4) is 0 Å². The highest BCUT2D eigenvalue weighted by Crippen LogP contribution is 2.11. The molecule has 0 radical (unpaired) electrons. The predicted octanol–water partition coefficient (Wildman–Crippen LogP) is 2.29. The van der Waals surface area contributed by atoms with Crippen LogP contribution in [0.1, 0.15) is 29.3 Å². The molecule has 0 aliphatic carbocycles. The van der Waals surface area contributed by atoms with E-state index in [-0.39, 0.29) is 12.5 Å². The third-order valence-electron chi connectivity index (χ3n) is 2.75. The van der Waals surface area contributed by atoms with Crippen molar-refractivity contribution in [2.24, 2.45) is 5.92 Å². The summed E-state index contributed by atoms with van der Waals surface area (Å²) in [5.74, 6) is 6.09. The van der Waals surface area contributed by atoms with Gasteiger partial charge in [0.25, 0.3) is 5.91 Å². The van der Waals surface area contributed by atoms with E-state index in [0.29, 0.717) is 30.0 Å². The monoisotopic (exact) mass is 309 g/mol. The first kappa shape index (κ1) is 17.5. The number of hydrogen-bond donors (Lipinski definition) is 2. The number of hydrogen-bond acceptors (Lipinski definition) is 3. The third kappa shape index (κ3) is 6.19. The van der Waals surface area contributed by atoms with Crippen molar-refractivity contribution in [3.8, 4) is 11.8 Å². The summed E-state index contributed by atoms with van der Waals surface area (Å²) in [6.07, 6.45) is 2.31.